The number of hydrogen-bond acceptors (Lipinski definition) is 5. The molecule has 0 fully saturated rings. The van der Waals surface area contributed by atoms with Gasteiger partial charge in [-0.05, 0) is 28.3 Å². The van der Waals surface area contributed by atoms with Gasteiger partial charge < -0.3 is 13.9 Å². The first-order chi connectivity index (χ1) is 15.3. The predicted molar refractivity (Wildman–Crippen MR) is 126 cm³/mol. The van der Waals surface area contributed by atoms with Gasteiger partial charge in [-0.25, -0.2) is 14.5 Å². The summed E-state index contributed by atoms with van der Waals surface area (Å²) in [4.78, 5) is 26.6. The Morgan fingerprint density at radius 1 is 0.906 bits per heavy atom. The maximum absolute atomic E-state index is 12.8. The predicted octanol–water partition coefficient (Wildman–Crippen LogP) is 3.81. The highest BCUT2D eigenvalue weighted by Gasteiger charge is 2.53. The molecule has 1 aliphatic rings. The average molecular weight is 454 g/mol. The Bertz CT molecular complexity index is 929. The first kappa shape index (κ1) is 23.8. The van der Waals surface area contributed by atoms with E-state index in [-0.39, 0.29) is 10.7 Å². The van der Waals surface area contributed by atoms with E-state index >= 15 is 0 Å². The summed E-state index contributed by atoms with van der Waals surface area (Å²) in [6, 6.07) is 20.4. The molecule has 1 amide bonds. The first-order valence-corrected chi connectivity index (χ1v) is 12.6. The molecule has 3 rings (SSSR count). The van der Waals surface area contributed by atoms with Gasteiger partial charge in [-0.2, -0.15) is 0 Å². The lowest BCUT2D eigenvalue weighted by molar-refractivity contribution is -0.139. The highest BCUT2D eigenvalue weighted by atomic mass is 28.4. The SMILES string of the molecule is COC(=O)C1=CCC[C@@H](O[Si](c2ccccc2)(c2ccccc2)C(C)(C)C)N1C(=O)OC. The Morgan fingerprint density at radius 3 is 1.88 bits per heavy atom. The van der Waals surface area contributed by atoms with Crippen molar-refractivity contribution in [2.75, 3.05) is 14.2 Å². The number of nitrogens with zero attached hydrogens (tertiary/aromatic N) is 1. The van der Waals surface area contributed by atoms with Crippen LogP contribution in [0, 0.1) is 0 Å². The summed E-state index contributed by atoms with van der Waals surface area (Å²) in [5.41, 5.74) is 0.147. The van der Waals surface area contributed by atoms with Crippen LogP contribution in [-0.4, -0.2) is 45.7 Å². The molecule has 0 N–H and O–H groups in total. The molecule has 1 aliphatic heterocycles. The largest absolute Gasteiger partial charge is 0.464 e. The number of allylic oxidation sites excluding steroid dienone is 1. The van der Waals surface area contributed by atoms with Gasteiger partial charge in [0, 0.05) is 0 Å². The van der Waals surface area contributed by atoms with Crippen LogP contribution in [0.1, 0.15) is 33.6 Å². The van der Waals surface area contributed by atoms with E-state index in [0.717, 1.165) is 10.4 Å². The van der Waals surface area contributed by atoms with Gasteiger partial charge in [0.15, 0.2) is 0 Å². The van der Waals surface area contributed by atoms with Crippen LogP contribution >= 0.6 is 0 Å². The van der Waals surface area contributed by atoms with Crippen molar-refractivity contribution in [1.29, 1.82) is 0 Å². The van der Waals surface area contributed by atoms with Crippen LogP contribution in [0.25, 0.3) is 0 Å². The number of ether oxygens (including phenoxy) is 2. The number of carbonyl (C=O) groups is 2. The summed E-state index contributed by atoms with van der Waals surface area (Å²) in [5, 5.41) is 1.92. The monoisotopic (exact) mass is 453 g/mol. The van der Waals surface area contributed by atoms with Gasteiger partial charge in [-0.1, -0.05) is 87.5 Å². The van der Waals surface area contributed by atoms with E-state index in [2.05, 4.69) is 45.0 Å². The Hall–Kier alpha value is -2.90. The molecule has 0 bridgehead atoms. The molecule has 0 aromatic heterocycles. The average Bonchev–Trinajstić information content (AvgIpc) is 2.81. The van der Waals surface area contributed by atoms with E-state index in [9.17, 15) is 9.59 Å². The fourth-order valence-electron chi connectivity index (χ4n) is 4.35. The molecule has 1 atom stereocenters. The zero-order valence-electron chi connectivity index (χ0n) is 19.3. The lowest BCUT2D eigenvalue weighted by atomic mass is 10.1. The second-order valence-electron chi connectivity index (χ2n) is 8.73. The van der Waals surface area contributed by atoms with Crippen LogP contribution in [0.15, 0.2) is 72.4 Å². The van der Waals surface area contributed by atoms with Crippen molar-refractivity contribution < 1.29 is 23.5 Å². The van der Waals surface area contributed by atoms with E-state index in [1.54, 1.807) is 6.08 Å². The third kappa shape index (κ3) is 4.35. The fraction of sp³-hybridized carbons (Fsp3) is 0.360. The van der Waals surface area contributed by atoms with E-state index in [1.807, 2.05) is 36.4 Å². The highest BCUT2D eigenvalue weighted by molar-refractivity contribution is 6.99. The molecule has 0 unspecified atom stereocenters. The number of benzene rings is 2. The lowest BCUT2D eigenvalue weighted by Gasteiger charge is -2.47. The second kappa shape index (κ2) is 9.71. The highest BCUT2D eigenvalue weighted by Crippen LogP contribution is 2.39. The molecule has 2 aromatic rings. The lowest BCUT2D eigenvalue weighted by Crippen LogP contribution is -2.69. The Morgan fingerprint density at radius 2 is 1.44 bits per heavy atom. The van der Waals surface area contributed by atoms with Crippen molar-refractivity contribution in [3.05, 3.63) is 72.4 Å². The molecule has 1 heterocycles. The van der Waals surface area contributed by atoms with Crippen molar-refractivity contribution in [1.82, 2.24) is 4.90 Å². The summed E-state index contributed by atoms with van der Waals surface area (Å²) in [6.45, 7) is 6.50. The normalized spacial score (nSPS) is 16.8. The van der Waals surface area contributed by atoms with Crippen LogP contribution in [-0.2, 0) is 18.7 Å². The molecule has 0 saturated heterocycles. The molecule has 2 aromatic carbocycles. The van der Waals surface area contributed by atoms with E-state index < -0.39 is 26.6 Å². The van der Waals surface area contributed by atoms with Crippen LogP contribution in [0.2, 0.25) is 5.04 Å². The smallest absolute Gasteiger partial charge is 0.416 e. The van der Waals surface area contributed by atoms with Crippen LogP contribution < -0.4 is 10.4 Å². The third-order valence-electron chi connectivity index (χ3n) is 5.79. The maximum atomic E-state index is 12.8. The van der Waals surface area contributed by atoms with Crippen molar-refractivity contribution in [2.24, 2.45) is 0 Å². The summed E-state index contributed by atoms with van der Waals surface area (Å²) in [6.07, 6.45) is 1.51. The van der Waals surface area contributed by atoms with Crippen molar-refractivity contribution in [3.8, 4) is 0 Å². The molecule has 7 heteroatoms. The first-order valence-electron chi connectivity index (χ1n) is 10.7. The molecular formula is C25H31NO5Si. The van der Waals surface area contributed by atoms with Gasteiger partial charge in [0.05, 0.1) is 14.2 Å². The van der Waals surface area contributed by atoms with Crippen molar-refractivity contribution >= 4 is 30.8 Å². The van der Waals surface area contributed by atoms with Gasteiger partial charge in [0.1, 0.15) is 11.9 Å². The Balaban J connectivity index is 2.19. The van der Waals surface area contributed by atoms with Gasteiger partial charge in [-0.15, -0.1) is 0 Å². The van der Waals surface area contributed by atoms with Gasteiger partial charge in [0.2, 0.25) is 0 Å². The molecular weight excluding hydrogens is 422 g/mol. The zero-order valence-corrected chi connectivity index (χ0v) is 20.3. The van der Waals surface area contributed by atoms with Gasteiger partial charge >= 0.3 is 12.1 Å². The quantitative estimate of drug-likeness (QED) is 0.509. The Labute approximate surface area is 190 Å². The maximum Gasteiger partial charge on any atom is 0.416 e. The molecule has 0 radical (unpaired) electrons. The summed E-state index contributed by atoms with van der Waals surface area (Å²) >= 11 is 0. The standard InChI is InChI=1S/C25H31NO5Si/c1-25(2,3)32(19-13-8-6-9-14-19,20-15-10-7-11-16-20)31-22-18-12-17-21(23(27)29-4)26(22)24(28)30-5/h6-11,13-17,22H,12,18H2,1-5H3/t22-/m1/s1. The molecule has 170 valence electrons. The molecule has 32 heavy (non-hydrogen) atoms. The van der Waals surface area contributed by atoms with Crippen LogP contribution in [0.3, 0.4) is 0 Å². The second-order valence-corrected chi connectivity index (χ2v) is 13.0. The number of hydrogen-bond donors (Lipinski definition) is 0. The molecule has 6 nitrogen and oxygen atoms in total. The van der Waals surface area contributed by atoms with Gasteiger partial charge in [-0.3, -0.25) is 0 Å². The molecule has 0 aliphatic carbocycles. The van der Waals surface area contributed by atoms with Gasteiger partial charge in [0.25, 0.3) is 8.32 Å². The van der Waals surface area contributed by atoms with Crippen LogP contribution in [0.4, 0.5) is 4.79 Å². The fourth-order valence-corrected chi connectivity index (χ4v) is 9.00. The Kier molecular flexibility index (Phi) is 7.21. The summed E-state index contributed by atoms with van der Waals surface area (Å²) in [7, 11) is -0.346. The zero-order chi connectivity index (χ0) is 23.4. The summed E-state index contributed by atoms with van der Waals surface area (Å²) < 4.78 is 17.1. The number of amides is 1. The molecule has 0 spiro atoms. The number of methoxy groups -OCH3 is 2. The number of rotatable bonds is 5. The van der Waals surface area contributed by atoms with Crippen molar-refractivity contribution in [2.45, 2.75) is 44.9 Å². The minimum atomic E-state index is -2.94. The minimum Gasteiger partial charge on any atom is -0.464 e. The molecule has 0 saturated carbocycles. The topological polar surface area (TPSA) is 65.1 Å². The van der Waals surface area contributed by atoms with E-state index in [0.29, 0.717) is 12.8 Å². The summed E-state index contributed by atoms with van der Waals surface area (Å²) in [5.74, 6) is -0.592. The number of esters is 1. The van der Waals surface area contributed by atoms with Crippen LogP contribution in [0.5, 0.6) is 0 Å². The third-order valence-corrected chi connectivity index (χ3v) is 10.8. The minimum absolute atomic E-state index is 0.147. The number of carbonyl (C=O) groups excluding carboxylic acids is 2. The van der Waals surface area contributed by atoms with Crippen molar-refractivity contribution in [3.63, 3.8) is 0 Å². The van der Waals surface area contributed by atoms with E-state index in [4.69, 9.17) is 13.9 Å². The van der Waals surface area contributed by atoms with E-state index in [1.165, 1.54) is 19.1 Å².